The zero-order chi connectivity index (χ0) is 14.8. The lowest BCUT2D eigenvalue weighted by Gasteiger charge is -2.17. The molecular weight excluding hydrogens is 282 g/mol. The first-order valence-corrected chi connectivity index (χ1v) is 7.39. The van der Waals surface area contributed by atoms with E-state index in [0.29, 0.717) is 5.02 Å². The standard InChI is InChI=1S/C17H18ClN3/c1-19-16(17-15(18)11-20-21(17)2)10-12-7-8-13-5-3-4-6-14(13)9-12/h3-9,11,16,19H,10H2,1-2H3. The van der Waals surface area contributed by atoms with Crippen LogP contribution in [0.3, 0.4) is 0 Å². The molecule has 2 aromatic carbocycles. The molecule has 1 N–H and O–H groups in total. The predicted octanol–water partition coefficient (Wildman–Crippen LogP) is 3.73. The van der Waals surface area contributed by atoms with Crippen molar-refractivity contribution in [1.29, 1.82) is 0 Å². The summed E-state index contributed by atoms with van der Waals surface area (Å²) in [5.74, 6) is 0. The molecule has 3 aromatic rings. The molecule has 4 heteroatoms. The highest BCUT2D eigenvalue weighted by Gasteiger charge is 2.18. The van der Waals surface area contributed by atoms with Gasteiger partial charge in [-0.2, -0.15) is 5.10 Å². The Hall–Kier alpha value is -1.84. The van der Waals surface area contributed by atoms with Crippen molar-refractivity contribution >= 4 is 22.4 Å². The number of aromatic nitrogens is 2. The summed E-state index contributed by atoms with van der Waals surface area (Å²) in [5, 5.41) is 10.8. The van der Waals surface area contributed by atoms with Crippen LogP contribution in [-0.4, -0.2) is 16.8 Å². The van der Waals surface area contributed by atoms with E-state index < -0.39 is 0 Å². The number of fused-ring (bicyclic) bond motifs is 1. The van der Waals surface area contributed by atoms with Crippen LogP contribution in [0.25, 0.3) is 10.8 Å². The predicted molar refractivity (Wildman–Crippen MR) is 87.7 cm³/mol. The molecule has 0 aliphatic heterocycles. The summed E-state index contributed by atoms with van der Waals surface area (Å²) in [6.07, 6.45) is 2.57. The minimum atomic E-state index is 0.145. The van der Waals surface area contributed by atoms with Crippen LogP contribution in [0.1, 0.15) is 17.3 Å². The van der Waals surface area contributed by atoms with Crippen molar-refractivity contribution in [3.63, 3.8) is 0 Å². The van der Waals surface area contributed by atoms with Crippen LogP contribution in [0.4, 0.5) is 0 Å². The Balaban J connectivity index is 1.92. The molecule has 0 fully saturated rings. The topological polar surface area (TPSA) is 29.9 Å². The molecule has 108 valence electrons. The van der Waals surface area contributed by atoms with Gasteiger partial charge in [0, 0.05) is 7.05 Å². The van der Waals surface area contributed by atoms with Gasteiger partial charge in [-0.25, -0.2) is 0 Å². The second-order valence-electron chi connectivity index (χ2n) is 5.23. The van der Waals surface area contributed by atoms with E-state index in [2.05, 4.69) is 52.9 Å². The normalized spacial score (nSPS) is 12.7. The maximum absolute atomic E-state index is 6.26. The molecule has 0 saturated heterocycles. The molecule has 3 rings (SSSR count). The van der Waals surface area contributed by atoms with Crippen molar-refractivity contribution in [2.45, 2.75) is 12.5 Å². The van der Waals surface area contributed by atoms with Gasteiger partial charge in [-0.3, -0.25) is 4.68 Å². The molecule has 0 spiro atoms. The van der Waals surface area contributed by atoms with Crippen molar-refractivity contribution in [3.8, 4) is 0 Å². The van der Waals surface area contributed by atoms with Crippen LogP contribution < -0.4 is 5.32 Å². The number of aryl methyl sites for hydroxylation is 1. The molecule has 0 bridgehead atoms. The first-order valence-electron chi connectivity index (χ1n) is 7.01. The highest BCUT2D eigenvalue weighted by atomic mass is 35.5. The van der Waals surface area contributed by atoms with E-state index in [9.17, 15) is 0 Å². The van der Waals surface area contributed by atoms with Gasteiger partial charge >= 0.3 is 0 Å². The number of benzene rings is 2. The molecule has 0 aliphatic carbocycles. The van der Waals surface area contributed by atoms with Crippen molar-refractivity contribution in [2.24, 2.45) is 7.05 Å². The number of likely N-dealkylation sites (N-methyl/N-ethyl adjacent to an activating group) is 1. The summed E-state index contributed by atoms with van der Waals surface area (Å²) >= 11 is 6.26. The Morgan fingerprint density at radius 3 is 2.62 bits per heavy atom. The summed E-state index contributed by atoms with van der Waals surface area (Å²) < 4.78 is 1.84. The molecular formula is C17H18ClN3. The average Bonchev–Trinajstić information content (AvgIpc) is 2.84. The quantitative estimate of drug-likeness (QED) is 0.795. The maximum Gasteiger partial charge on any atom is 0.0834 e. The fourth-order valence-corrected chi connectivity index (χ4v) is 3.05. The van der Waals surface area contributed by atoms with E-state index in [1.807, 2.05) is 18.8 Å². The highest BCUT2D eigenvalue weighted by Crippen LogP contribution is 2.26. The number of nitrogens with zero attached hydrogens (tertiary/aromatic N) is 2. The van der Waals surface area contributed by atoms with E-state index in [1.165, 1.54) is 16.3 Å². The number of hydrogen-bond donors (Lipinski definition) is 1. The second kappa shape index (κ2) is 5.88. The Labute approximate surface area is 129 Å². The van der Waals surface area contributed by atoms with Gasteiger partial charge in [-0.15, -0.1) is 0 Å². The number of halogens is 1. The van der Waals surface area contributed by atoms with Crippen LogP contribution in [0.5, 0.6) is 0 Å². The third-order valence-electron chi connectivity index (χ3n) is 3.87. The van der Waals surface area contributed by atoms with Crippen LogP contribution in [0.15, 0.2) is 48.7 Å². The van der Waals surface area contributed by atoms with Gasteiger partial charge in [-0.1, -0.05) is 54.1 Å². The highest BCUT2D eigenvalue weighted by molar-refractivity contribution is 6.31. The van der Waals surface area contributed by atoms with E-state index in [1.54, 1.807) is 6.20 Å². The van der Waals surface area contributed by atoms with Crippen molar-refractivity contribution < 1.29 is 0 Å². The fourth-order valence-electron chi connectivity index (χ4n) is 2.75. The van der Waals surface area contributed by atoms with Gasteiger partial charge in [-0.05, 0) is 29.8 Å². The molecule has 1 atom stereocenters. The van der Waals surface area contributed by atoms with Gasteiger partial charge in [0.2, 0.25) is 0 Å². The van der Waals surface area contributed by atoms with E-state index >= 15 is 0 Å². The van der Waals surface area contributed by atoms with Gasteiger partial charge in [0.15, 0.2) is 0 Å². The SMILES string of the molecule is CNC(Cc1ccc2ccccc2c1)c1c(Cl)cnn1C. The number of rotatable bonds is 4. The lowest BCUT2D eigenvalue weighted by Crippen LogP contribution is -2.22. The average molecular weight is 300 g/mol. The summed E-state index contributed by atoms with van der Waals surface area (Å²) in [7, 11) is 3.88. The van der Waals surface area contributed by atoms with Crippen LogP contribution in [-0.2, 0) is 13.5 Å². The van der Waals surface area contributed by atoms with Crippen LogP contribution in [0.2, 0.25) is 5.02 Å². The molecule has 1 unspecified atom stereocenters. The minimum Gasteiger partial charge on any atom is -0.311 e. The molecule has 0 saturated carbocycles. The fraction of sp³-hybridized carbons (Fsp3) is 0.235. The Kier molecular flexibility index (Phi) is 3.95. The van der Waals surface area contributed by atoms with Crippen LogP contribution in [0, 0.1) is 0 Å². The second-order valence-corrected chi connectivity index (χ2v) is 5.64. The molecule has 0 aliphatic rings. The lowest BCUT2D eigenvalue weighted by atomic mass is 10.00. The molecule has 1 heterocycles. The smallest absolute Gasteiger partial charge is 0.0834 e. The molecule has 21 heavy (non-hydrogen) atoms. The van der Waals surface area contributed by atoms with Crippen molar-refractivity contribution in [2.75, 3.05) is 7.05 Å². The van der Waals surface area contributed by atoms with E-state index in [0.717, 1.165) is 12.1 Å². The van der Waals surface area contributed by atoms with Gasteiger partial charge in [0.05, 0.1) is 23.0 Å². The first kappa shape index (κ1) is 14.1. The van der Waals surface area contributed by atoms with Gasteiger partial charge in [0.25, 0.3) is 0 Å². The monoisotopic (exact) mass is 299 g/mol. The molecule has 1 aromatic heterocycles. The number of nitrogens with one attached hydrogen (secondary N) is 1. The zero-order valence-electron chi connectivity index (χ0n) is 12.2. The molecule has 0 amide bonds. The zero-order valence-corrected chi connectivity index (χ0v) is 12.9. The van der Waals surface area contributed by atoms with Gasteiger partial charge < -0.3 is 5.32 Å². The first-order chi connectivity index (χ1) is 10.2. The summed E-state index contributed by atoms with van der Waals surface area (Å²) in [5.41, 5.74) is 2.30. The van der Waals surface area contributed by atoms with Crippen molar-refractivity contribution in [1.82, 2.24) is 15.1 Å². The summed E-state index contributed by atoms with van der Waals surface area (Å²) in [4.78, 5) is 0. The molecule has 3 nitrogen and oxygen atoms in total. The number of hydrogen-bond acceptors (Lipinski definition) is 2. The summed E-state index contributed by atoms with van der Waals surface area (Å²) in [6, 6.07) is 15.1. The third-order valence-corrected chi connectivity index (χ3v) is 4.16. The lowest BCUT2D eigenvalue weighted by molar-refractivity contribution is 0.538. The van der Waals surface area contributed by atoms with E-state index in [-0.39, 0.29) is 6.04 Å². The largest absolute Gasteiger partial charge is 0.311 e. The van der Waals surface area contributed by atoms with Crippen LogP contribution >= 0.6 is 11.6 Å². The van der Waals surface area contributed by atoms with E-state index in [4.69, 9.17) is 11.6 Å². The van der Waals surface area contributed by atoms with Crippen molar-refractivity contribution in [3.05, 3.63) is 64.9 Å². The maximum atomic E-state index is 6.26. The Morgan fingerprint density at radius 1 is 1.19 bits per heavy atom. The third kappa shape index (κ3) is 2.80. The minimum absolute atomic E-state index is 0.145. The Morgan fingerprint density at radius 2 is 1.95 bits per heavy atom. The molecule has 0 radical (unpaired) electrons. The van der Waals surface area contributed by atoms with Gasteiger partial charge in [0.1, 0.15) is 0 Å². The summed E-state index contributed by atoms with van der Waals surface area (Å²) in [6.45, 7) is 0. The Bertz CT molecular complexity index is 744.